The maximum Gasteiger partial charge on any atom is 0.251 e. The van der Waals surface area contributed by atoms with Crippen LogP contribution in [-0.4, -0.2) is 23.7 Å². The molecule has 2 atom stereocenters. The summed E-state index contributed by atoms with van der Waals surface area (Å²) >= 11 is 5.91. The molecule has 0 aromatic heterocycles. The maximum absolute atomic E-state index is 12.2. The molecule has 0 heterocycles. The summed E-state index contributed by atoms with van der Waals surface area (Å²) in [6.07, 6.45) is 2.98. The molecule has 4 heteroatoms. The van der Waals surface area contributed by atoms with Crippen LogP contribution >= 0.6 is 11.6 Å². The van der Waals surface area contributed by atoms with E-state index in [0.717, 1.165) is 24.8 Å². The summed E-state index contributed by atoms with van der Waals surface area (Å²) in [6.45, 7) is 2.03. The molecule has 18 heavy (non-hydrogen) atoms. The molecular formula is C14H18ClNO2. The van der Waals surface area contributed by atoms with E-state index in [9.17, 15) is 9.90 Å². The van der Waals surface area contributed by atoms with Gasteiger partial charge in [0.05, 0.1) is 0 Å². The van der Waals surface area contributed by atoms with Crippen molar-refractivity contribution in [1.29, 1.82) is 0 Å². The number of aliphatic hydroxyl groups is 1. The number of aryl methyl sites for hydroxylation is 1. The quantitative estimate of drug-likeness (QED) is 0.884. The van der Waals surface area contributed by atoms with E-state index in [-0.39, 0.29) is 24.5 Å². The highest BCUT2D eigenvalue weighted by molar-refractivity contribution is 6.31. The molecule has 1 amide bonds. The van der Waals surface area contributed by atoms with Gasteiger partial charge >= 0.3 is 0 Å². The Morgan fingerprint density at radius 3 is 3.00 bits per heavy atom. The highest BCUT2D eigenvalue weighted by Crippen LogP contribution is 2.25. The van der Waals surface area contributed by atoms with Gasteiger partial charge in [0, 0.05) is 29.2 Å². The van der Waals surface area contributed by atoms with Crippen LogP contribution in [0.25, 0.3) is 0 Å². The molecule has 1 aliphatic carbocycles. The molecule has 1 aliphatic rings. The number of aliphatic hydroxyl groups excluding tert-OH is 1. The molecule has 3 nitrogen and oxygen atoms in total. The van der Waals surface area contributed by atoms with E-state index in [1.54, 1.807) is 12.1 Å². The molecular weight excluding hydrogens is 250 g/mol. The Kier molecular flexibility index (Phi) is 4.25. The molecule has 0 bridgehead atoms. The first-order valence-corrected chi connectivity index (χ1v) is 6.67. The van der Waals surface area contributed by atoms with Crippen LogP contribution in [0.4, 0.5) is 0 Å². The molecule has 2 N–H and O–H groups in total. The van der Waals surface area contributed by atoms with Crippen LogP contribution in [0.15, 0.2) is 18.2 Å². The number of carbonyl (C=O) groups excluding carboxylic acids is 1. The lowest BCUT2D eigenvalue weighted by molar-refractivity contribution is 0.0915. The van der Waals surface area contributed by atoms with Gasteiger partial charge in [-0.15, -0.1) is 0 Å². The lowest BCUT2D eigenvalue weighted by Gasteiger charge is -2.19. The van der Waals surface area contributed by atoms with E-state index in [1.165, 1.54) is 0 Å². The number of carbonyl (C=O) groups is 1. The lowest BCUT2D eigenvalue weighted by atomic mass is 10.0. The molecule has 1 fully saturated rings. The largest absolute Gasteiger partial charge is 0.396 e. The fraction of sp³-hybridized carbons (Fsp3) is 0.500. The number of nitrogens with one attached hydrogen (secondary N) is 1. The predicted molar refractivity (Wildman–Crippen MR) is 71.9 cm³/mol. The zero-order valence-electron chi connectivity index (χ0n) is 10.4. The standard InChI is InChI=1S/C14H18ClNO2/c1-9-5-6-11(15)7-12(9)14(18)16-13-4-2-3-10(13)8-17/h5-7,10,13,17H,2-4,8H2,1H3,(H,16,18). The monoisotopic (exact) mass is 267 g/mol. The van der Waals surface area contributed by atoms with Gasteiger partial charge in [-0.1, -0.05) is 24.1 Å². The van der Waals surface area contributed by atoms with Gasteiger partial charge in [-0.25, -0.2) is 0 Å². The normalized spacial score (nSPS) is 23.1. The zero-order chi connectivity index (χ0) is 13.1. The van der Waals surface area contributed by atoms with Crippen molar-refractivity contribution in [3.05, 3.63) is 34.3 Å². The van der Waals surface area contributed by atoms with Crippen molar-refractivity contribution in [3.63, 3.8) is 0 Å². The Hall–Kier alpha value is -1.06. The second-order valence-corrected chi connectivity index (χ2v) is 5.35. The van der Waals surface area contributed by atoms with E-state index >= 15 is 0 Å². The number of rotatable bonds is 3. The van der Waals surface area contributed by atoms with E-state index < -0.39 is 0 Å². The summed E-state index contributed by atoms with van der Waals surface area (Å²) in [6, 6.07) is 5.39. The van der Waals surface area contributed by atoms with E-state index in [2.05, 4.69) is 5.32 Å². The van der Waals surface area contributed by atoms with Gasteiger partial charge in [0.25, 0.3) is 5.91 Å². The summed E-state index contributed by atoms with van der Waals surface area (Å²) in [4.78, 5) is 12.2. The molecule has 0 spiro atoms. The summed E-state index contributed by atoms with van der Waals surface area (Å²) in [5.74, 6) is 0.0915. The van der Waals surface area contributed by atoms with Gasteiger partial charge < -0.3 is 10.4 Å². The first-order chi connectivity index (χ1) is 8.61. The minimum absolute atomic E-state index is 0.0841. The smallest absolute Gasteiger partial charge is 0.251 e. The molecule has 2 rings (SSSR count). The van der Waals surface area contributed by atoms with Gasteiger partial charge in [-0.05, 0) is 37.5 Å². The first kappa shape index (κ1) is 13.4. The summed E-state index contributed by atoms with van der Waals surface area (Å²) < 4.78 is 0. The number of benzene rings is 1. The molecule has 98 valence electrons. The fourth-order valence-electron chi connectivity index (χ4n) is 2.53. The van der Waals surface area contributed by atoms with Crippen molar-refractivity contribution in [3.8, 4) is 0 Å². The minimum Gasteiger partial charge on any atom is -0.396 e. The van der Waals surface area contributed by atoms with Crippen molar-refractivity contribution < 1.29 is 9.90 Å². The van der Waals surface area contributed by atoms with Crippen LogP contribution in [0.3, 0.4) is 0 Å². The summed E-state index contributed by atoms with van der Waals surface area (Å²) in [7, 11) is 0. The number of halogens is 1. The van der Waals surface area contributed by atoms with Crippen LogP contribution < -0.4 is 5.32 Å². The summed E-state index contributed by atoms with van der Waals surface area (Å²) in [5, 5.41) is 12.8. The third-order valence-corrected chi connectivity index (χ3v) is 3.89. The second kappa shape index (κ2) is 5.72. The topological polar surface area (TPSA) is 49.3 Å². The van der Waals surface area contributed by atoms with Gasteiger partial charge in [-0.3, -0.25) is 4.79 Å². The van der Waals surface area contributed by atoms with Crippen LogP contribution in [0.1, 0.15) is 35.2 Å². The Morgan fingerprint density at radius 2 is 2.28 bits per heavy atom. The first-order valence-electron chi connectivity index (χ1n) is 6.29. The van der Waals surface area contributed by atoms with E-state index in [0.29, 0.717) is 10.6 Å². The molecule has 1 saturated carbocycles. The fourth-order valence-corrected chi connectivity index (χ4v) is 2.70. The minimum atomic E-state index is -0.0969. The van der Waals surface area contributed by atoms with Crippen molar-refractivity contribution in [2.75, 3.05) is 6.61 Å². The highest BCUT2D eigenvalue weighted by atomic mass is 35.5. The van der Waals surface area contributed by atoms with Crippen LogP contribution in [0.5, 0.6) is 0 Å². The average Bonchev–Trinajstić information content (AvgIpc) is 2.79. The van der Waals surface area contributed by atoms with Gasteiger partial charge in [0.1, 0.15) is 0 Å². The van der Waals surface area contributed by atoms with Crippen LogP contribution in [0, 0.1) is 12.8 Å². The third-order valence-electron chi connectivity index (χ3n) is 3.65. The number of amides is 1. The maximum atomic E-state index is 12.2. The molecule has 1 aromatic rings. The predicted octanol–water partition coefficient (Wildman–Crippen LogP) is 2.54. The van der Waals surface area contributed by atoms with Crippen molar-refractivity contribution >= 4 is 17.5 Å². The Balaban J connectivity index is 2.09. The Bertz CT molecular complexity index is 447. The summed E-state index contributed by atoms with van der Waals surface area (Å²) in [5.41, 5.74) is 1.53. The third kappa shape index (κ3) is 2.85. The molecule has 1 aromatic carbocycles. The average molecular weight is 268 g/mol. The van der Waals surface area contributed by atoms with Gasteiger partial charge in [0.15, 0.2) is 0 Å². The highest BCUT2D eigenvalue weighted by Gasteiger charge is 2.28. The lowest BCUT2D eigenvalue weighted by Crippen LogP contribution is -2.38. The van der Waals surface area contributed by atoms with E-state index in [4.69, 9.17) is 11.6 Å². The van der Waals surface area contributed by atoms with Crippen molar-refractivity contribution in [2.24, 2.45) is 5.92 Å². The molecule has 0 aliphatic heterocycles. The van der Waals surface area contributed by atoms with E-state index in [1.807, 2.05) is 13.0 Å². The van der Waals surface area contributed by atoms with Crippen molar-refractivity contribution in [2.45, 2.75) is 32.2 Å². The molecule has 2 unspecified atom stereocenters. The van der Waals surface area contributed by atoms with Gasteiger partial charge in [0.2, 0.25) is 0 Å². The van der Waals surface area contributed by atoms with Crippen molar-refractivity contribution in [1.82, 2.24) is 5.32 Å². The molecule has 0 saturated heterocycles. The molecule has 0 radical (unpaired) electrons. The SMILES string of the molecule is Cc1ccc(Cl)cc1C(=O)NC1CCCC1CO. The number of hydrogen-bond acceptors (Lipinski definition) is 2. The Labute approximate surface area is 112 Å². The number of hydrogen-bond donors (Lipinski definition) is 2. The Morgan fingerprint density at radius 1 is 1.50 bits per heavy atom. The van der Waals surface area contributed by atoms with Crippen LogP contribution in [-0.2, 0) is 0 Å². The van der Waals surface area contributed by atoms with Gasteiger partial charge in [-0.2, -0.15) is 0 Å². The zero-order valence-corrected chi connectivity index (χ0v) is 11.2. The van der Waals surface area contributed by atoms with Crippen LogP contribution in [0.2, 0.25) is 5.02 Å². The second-order valence-electron chi connectivity index (χ2n) is 4.91.